The number of benzene rings is 2. The number of likely N-dealkylation sites (tertiary alicyclic amines) is 1. The molecule has 2 heterocycles. The number of rotatable bonds is 5. The van der Waals surface area contributed by atoms with E-state index in [1.165, 1.54) is 16.9 Å². The lowest BCUT2D eigenvalue weighted by Crippen LogP contribution is -2.50. The van der Waals surface area contributed by atoms with Crippen LogP contribution in [0.3, 0.4) is 0 Å². The average molecular weight is 483 g/mol. The van der Waals surface area contributed by atoms with E-state index < -0.39 is 0 Å². The Balaban J connectivity index is 1.38. The van der Waals surface area contributed by atoms with Crippen LogP contribution in [0.15, 0.2) is 59.3 Å². The summed E-state index contributed by atoms with van der Waals surface area (Å²) in [6, 6.07) is 15.3. The van der Waals surface area contributed by atoms with Crippen LogP contribution in [0.25, 0.3) is 0 Å². The van der Waals surface area contributed by atoms with Crippen LogP contribution in [0.1, 0.15) is 45.9 Å². The van der Waals surface area contributed by atoms with Crippen molar-refractivity contribution in [1.29, 1.82) is 0 Å². The number of nitrogens with zero attached hydrogens (tertiary/aromatic N) is 1. The predicted molar refractivity (Wildman–Crippen MR) is 131 cm³/mol. The van der Waals surface area contributed by atoms with Gasteiger partial charge in [0, 0.05) is 35.0 Å². The molecule has 2 aliphatic rings. The number of methoxy groups -OCH3 is 1. The van der Waals surface area contributed by atoms with Crippen LogP contribution in [-0.4, -0.2) is 42.2 Å². The van der Waals surface area contributed by atoms with E-state index >= 15 is 0 Å². The van der Waals surface area contributed by atoms with Gasteiger partial charge in [-0.05, 0) is 66.7 Å². The zero-order valence-electron chi connectivity index (χ0n) is 18.5. The molecule has 1 spiro atoms. The highest BCUT2D eigenvalue weighted by Gasteiger charge is 2.54. The van der Waals surface area contributed by atoms with Gasteiger partial charge in [-0.2, -0.15) is 11.3 Å². The second kappa shape index (κ2) is 9.11. The highest BCUT2D eigenvalue weighted by molar-refractivity contribution is 7.08. The van der Waals surface area contributed by atoms with Gasteiger partial charge in [0.1, 0.15) is 5.75 Å². The fourth-order valence-corrected chi connectivity index (χ4v) is 6.41. The topological polar surface area (TPSA) is 61.8 Å². The van der Waals surface area contributed by atoms with E-state index in [9.17, 15) is 9.90 Å². The summed E-state index contributed by atoms with van der Waals surface area (Å²) in [7, 11) is 1.75. The summed E-state index contributed by atoms with van der Waals surface area (Å²) in [6.07, 6.45) is 1.68. The van der Waals surface area contributed by atoms with Crippen LogP contribution in [-0.2, 0) is 16.7 Å². The smallest absolute Gasteiger partial charge is 0.252 e. The van der Waals surface area contributed by atoms with Gasteiger partial charge in [-0.15, -0.1) is 0 Å². The van der Waals surface area contributed by atoms with E-state index in [4.69, 9.17) is 16.3 Å². The van der Waals surface area contributed by atoms with Gasteiger partial charge in [0.15, 0.2) is 0 Å². The quantitative estimate of drug-likeness (QED) is 0.528. The highest BCUT2D eigenvalue weighted by atomic mass is 35.5. The van der Waals surface area contributed by atoms with Gasteiger partial charge in [0.05, 0.1) is 17.7 Å². The van der Waals surface area contributed by atoms with Gasteiger partial charge < -0.3 is 15.2 Å². The minimum absolute atomic E-state index is 0.0657. The maximum Gasteiger partial charge on any atom is 0.252 e. The second-order valence-corrected chi connectivity index (χ2v) is 10.1. The molecule has 0 unspecified atom stereocenters. The summed E-state index contributed by atoms with van der Waals surface area (Å²) < 4.78 is 6.12. The second-order valence-electron chi connectivity index (χ2n) is 8.91. The summed E-state index contributed by atoms with van der Waals surface area (Å²) in [5.41, 5.74) is 3.79. The number of phenolic OH excluding ortho intramolecular Hbond substituents is 1. The fraction of sp³-hybridized carbons (Fsp3) is 0.346. The number of hydrogen-bond acceptors (Lipinski definition) is 5. The Labute approximate surface area is 203 Å². The van der Waals surface area contributed by atoms with E-state index in [2.05, 4.69) is 28.4 Å². The van der Waals surface area contributed by atoms with E-state index in [-0.39, 0.29) is 29.2 Å². The average Bonchev–Trinajstić information content (AvgIpc) is 3.45. The first-order chi connectivity index (χ1) is 16.0. The Morgan fingerprint density at radius 3 is 2.76 bits per heavy atom. The van der Waals surface area contributed by atoms with Crippen LogP contribution in [0.2, 0.25) is 5.02 Å². The summed E-state index contributed by atoms with van der Waals surface area (Å²) in [6.45, 7) is 2.39. The van der Waals surface area contributed by atoms with E-state index in [0.717, 1.165) is 37.1 Å². The number of carbonyl (C=O) groups excluding carboxylic acids is 1. The summed E-state index contributed by atoms with van der Waals surface area (Å²) >= 11 is 7.66. The predicted octanol–water partition coefficient (Wildman–Crippen LogP) is 5.14. The number of ether oxygens (including phenoxy) is 1. The molecule has 1 amide bonds. The Morgan fingerprint density at radius 2 is 2.03 bits per heavy atom. The third-order valence-electron chi connectivity index (χ3n) is 7.19. The molecule has 2 N–H and O–H groups in total. The number of aromatic hydroxyl groups is 1. The molecular formula is C26H27ClN2O3S. The molecule has 7 heteroatoms. The van der Waals surface area contributed by atoms with Crippen LogP contribution >= 0.6 is 22.9 Å². The third kappa shape index (κ3) is 4.06. The SMILES string of the molecule is CO[C@H]1[C@H](NC(=O)c2ccsc2)c2ccccc2C12CCN(Cc1cc(Cl)ccc1O)CC2. The summed E-state index contributed by atoms with van der Waals surface area (Å²) in [5, 5.41) is 17.9. The molecular weight excluding hydrogens is 456 g/mol. The fourth-order valence-electron chi connectivity index (χ4n) is 5.58. The molecule has 0 saturated carbocycles. The molecule has 33 heavy (non-hydrogen) atoms. The Hall–Kier alpha value is -2.38. The van der Waals surface area contributed by atoms with Gasteiger partial charge in [-0.3, -0.25) is 9.69 Å². The lowest BCUT2D eigenvalue weighted by molar-refractivity contribution is -0.0122. The lowest BCUT2D eigenvalue weighted by atomic mass is 9.71. The van der Waals surface area contributed by atoms with Crippen molar-refractivity contribution in [1.82, 2.24) is 10.2 Å². The number of carbonyl (C=O) groups is 1. The number of amides is 1. The zero-order chi connectivity index (χ0) is 23.0. The monoisotopic (exact) mass is 482 g/mol. The van der Waals surface area contributed by atoms with Crippen molar-refractivity contribution in [2.24, 2.45) is 0 Å². The van der Waals surface area contributed by atoms with Gasteiger partial charge >= 0.3 is 0 Å². The first-order valence-corrected chi connectivity index (χ1v) is 12.5. The number of piperidine rings is 1. The number of phenols is 1. The molecule has 2 atom stereocenters. The molecule has 1 saturated heterocycles. The molecule has 172 valence electrons. The van der Waals surface area contributed by atoms with Gasteiger partial charge in [0.25, 0.3) is 5.91 Å². The third-order valence-corrected chi connectivity index (χ3v) is 8.11. The van der Waals surface area contributed by atoms with E-state index in [0.29, 0.717) is 17.1 Å². The van der Waals surface area contributed by atoms with Crippen molar-refractivity contribution in [3.63, 3.8) is 0 Å². The van der Waals surface area contributed by atoms with Crippen molar-refractivity contribution in [3.8, 4) is 5.75 Å². The van der Waals surface area contributed by atoms with Gasteiger partial charge in [-0.25, -0.2) is 0 Å². The maximum atomic E-state index is 12.9. The number of hydrogen-bond donors (Lipinski definition) is 2. The first kappa shape index (κ1) is 22.4. The summed E-state index contributed by atoms with van der Waals surface area (Å²) in [5.74, 6) is 0.209. The molecule has 2 aromatic carbocycles. The number of fused-ring (bicyclic) bond motifs is 2. The molecule has 0 bridgehead atoms. The Morgan fingerprint density at radius 1 is 1.24 bits per heavy atom. The molecule has 5 nitrogen and oxygen atoms in total. The molecule has 0 radical (unpaired) electrons. The molecule has 1 aliphatic heterocycles. The highest BCUT2D eigenvalue weighted by Crippen LogP contribution is 2.52. The first-order valence-electron chi connectivity index (χ1n) is 11.2. The van der Waals surface area contributed by atoms with Crippen molar-refractivity contribution >= 4 is 28.8 Å². The van der Waals surface area contributed by atoms with Crippen LogP contribution in [0, 0.1) is 0 Å². The Bertz CT molecular complexity index is 1140. The normalized spacial score (nSPS) is 21.8. The minimum Gasteiger partial charge on any atom is -0.508 e. The van der Waals surface area contributed by atoms with Crippen LogP contribution < -0.4 is 5.32 Å². The summed E-state index contributed by atoms with van der Waals surface area (Å²) in [4.78, 5) is 15.3. The minimum atomic E-state index is -0.192. The zero-order valence-corrected chi connectivity index (χ0v) is 20.0. The standard InChI is InChI=1S/C26H27ClN2O3S/c1-32-24-23(28-25(31)17-8-13-33-16-17)20-4-2-3-5-21(20)26(24)9-11-29(12-10-26)15-18-14-19(27)6-7-22(18)30/h2-8,13-14,16,23-24,30H,9-12,15H2,1H3,(H,28,31)/t23-,24+/m1/s1. The number of halogens is 1. The largest absolute Gasteiger partial charge is 0.508 e. The van der Waals surface area contributed by atoms with Crippen molar-refractivity contribution < 1.29 is 14.6 Å². The van der Waals surface area contributed by atoms with Crippen molar-refractivity contribution in [2.75, 3.05) is 20.2 Å². The van der Waals surface area contributed by atoms with Gasteiger partial charge in [0.2, 0.25) is 0 Å². The number of nitrogens with one attached hydrogen (secondary N) is 1. The molecule has 1 aliphatic carbocycles. The van der Waals surface area contributed by atoms with Crippen LogP contribution in [0.5, 0.6) is 5.75 Å². The molecule has 1 aromatic heterocycles. The van der Waals surface area contributed by atoms with Crippen molar-refractivity contribution in [3.05, 3.63) is 86.6 Å². The van der Waals surface area contributed by atoms with Gasteiger partial charge in [-0.1, -0.05) is 35.9 Å². The molecule has 3 aromatic rings. The molecule has 5 rings (SSSR count). The Kier molecular flexibility index (Phi) is 6.18. The van der Waals surface area contributed by atoms with Crippen molar-refractivity contribution in [2.45, 2.75) is 36.9 Å². The van der Waals surface area contributed by atoms with Crippen LogP contribution in [0.4, 0.5) is 0 Å². The van der Waals surface area contributed by atoms with E-state index in [1.54, 1.807) is 19.2 Å². The van der Waals surface area contributed by atoms with E-state index in [1.807, 2.05) is 29.0 Å². The number of thiophene rings is 1. The molecule has 1 fully saturated rings. The lowest BCUT2D eigenvalue weighted by Gasteiger charge is -2.44. The maximum absolute atomic E-state index is 12.9.